The highest BCUT2D eigenvalue weighted by molar-refractivity contribution is 7.09. The molecule has 0 saturated carbocycles. The van der Waals surface area contributed by atoms with Crippen LogP contribution >= 0.6 is 11.3 Å². The highest BCUT2D eigenvalue weighted by Gasteiger charge is 2.38. The van der Waals surface area contributed by atoms with Crippen LogP contribution < -0.4 is 5.32 Å². The van der Waals surface area contributed by atoms with Crippen LogP contribution in [0.5, 0.6) is 0 Å². The van der Waals surface area contributed by atoms with E-state index in [1.165, 1.54) is 11.3 Å². The Hall–Kier alpha value is -2.95. The first-order chi connectivity index (χ1) is 24.4. The van der Waals surface area contributed by atoms with E-state index < -0.39 is 5.92 Å². The molecule has 2 amide bonds. The van der Waals surface area contributed by atoms with Gasteiger partial charge in [-0.1, -0.05) is 91.6 Å². The van der Waals surface area contributed by atoms with Crippen molar-refractivity contribution in [3.05, 3.63) is 52.0 Å². The van der Waals surface area contributed by atoms with Crippen LogP contribution in [0.4, 0.5) is 0 Å². The van der Waals surface area contributed by atoms with Gasteiger partial charge in [-0.2, -0.15) is 0 Å². The maximum atomic E-state index is 14.6. The highest BCUT2D eigenvalue weighted by Crippen LogP contribution is 2.32. The number of amides is 2. The molecule has 1 aliphatic rings. The van der Waals surface area contributed by atoms with Crippen LogP contribution in [0.25, 0.3) is 0 Å². The van der Waals surface area contributed by atoms with Crippen LogP contribution in [0, 0.1) is 23.7 Å². The molecule has 0 bridgehead atoms. The van der Waals surface area contributed by atoms with Crippen molar-refractivity contribution in [2.45, 2.75) is 130 Å². The van der Waals surface area contributed by atoms with Gasteiger partial charge in [-0.15, -0.1) is 11.3 Å². The molecule has 1 N–H and O–H groups in total. The number of carbonyl (C=O) groups is 4. The second-order valence-electron chi connectivity index (χ2n) is 15.2. The van der Waals surface area contributed by atoms with E-state index in [9.17, 15) is 19.2 Å². The lowest BCUT2D eigenvalue weighted by Crippen LogP contribution is -2.50. The first-order valence-corrected chi connectivity index (χ1v) is 20.1. The number of hydrogen-bond donors (Lipinski definition) is 1. The molecule has 10 heteroatoms. The average molecular weight is 725 g/mol. The third-order valence-electron chi connectivity index (χ3n) is 10.6. The summed E-state index contributed by atoms with van der Waals surface area (Å²) in [6, 6.07) is 9.48. The number of rotatable bonds is 22. The summed E-state index contributed by atoms with van der Waals surface area (Å²) < 4.78 is 6.06. The molecule has 1 fully saturated rings. The van der Waals surface area contributed by atoms with Crippen LogP contribution in [-0.2, 0) is 25.5 Å². The number of carbonyl (C=O) groups excluding carboxylic acids is 4. The smallest absolute Gasteiger partial charge is 0.270 e. The predicted molar refractivity (Wildman–Crippen MR) is 206 cm³/mol. The summed E-state index contributed by atoms with van der Waals surface area (Å²) in [6.45, 7) is 16.1. The van der Waals surface area contributed by atoms with Crippen LogP contribution in [-0.4, -0.2) is 83.7 Å². The van der Waals surface area contributed by atoms with Crippen molar-refractivity contribution in [3.8, 4) is 0 Å². The van der Waals surface area contributed by atoms with E-state index in [4.69, 9.17) is 9.72 Å². The molecule has 0 radical (unpaired) electrons. The van der Waals surface area contributed by atoms with Gasteiger partial charge in [0.05, 0.1) is 11.0 Å². The third kappa shape index (κ3) is 12.9. The van der Waals surface area contributed by atoms with Crippen molar-refractivity contribution in [3.63, 3.8) is 0 Å². The lowest BCUT2D eigenvalue weighted by Gasteiger charge is -2.39. The number of thiazole rings is 1. The molecule has 0 aliphatic carbocycles. The lowest BCUT2D eigenvalue weighted by atomic mass is 9.82. The molecular formula is C41H64N4O5S. The average Bonchev–Trinajstić information content (AvgIpc) is 3.62. The number of nitrogens with zero attached hydrogens (tertiary/aromatic N) is 3. The number of aromatic nitrogens is 1. The maximum absolute atomic E-state index is 14.6. The quantitative estimate of drug-likeness (QED) is 0.0759. The predicted octanol–water partition coefficient (Wildman–Crippen LogP) is 7.55. The van der Waals surface area contributed by atoms with Gasteiger partial charge >= 0.3 is 0 Å². The monoisotopic (exact) mass is 724 g/mol. The normalized spacial score (nSPS) is 18.7. The Bertz CT molecular complexity index is 1370. The van der Waals surface area contributed by atoms with Crippen molar-refractivity contribution < 1.29 is 23.9 Å². The molecule has 0 spiro atoms. The van der Waals surface area contributed by atoms with Gasteiger partial charge < -0.3 is 19.7 Å². The maximum Gasteiger partial charge on any atom is 0.270 e. The van der Waals surface area contributed by atoms with Gasteiger partial charge in [0.25, 0.3) is 5.91 Å². The minimum atomic E-state index is -0.416. The minimum absolute atomic E-state index is 0.00798. The van der Waals surface area contributed by atoms with E-state index >= 15 is 0 Å². The number of likely N-dealkylation sites (N-methyl/N-ethyl adjacent to an activating group) is 1. The molecule has 2 heterocycles. The number of piperidine rings is 1. The molecule has 7 atom stereocenters. The Morgan fingerprint density at radius 1 is 1.08 bits per heavy atom. The first-order valence-electron chi connectivity index (χ1n) is 19.3. The van der Waals surface area contributed by atoms with Gasteiger partial charge in [-0.25, -0.2) is 4.98 Å². The molecule has 3 rings (SSSR count). The molecule has 1 saturated heterocycles. The van der Waals surface area contributed by atoms with Gasteiger partial charge in [0.15, 0.2) is 5.78 Å². The van der Waals surface area contributed by atoms with E-state index in [1.54, 1.807) is 5.38 Å². The Morgan fingerprint density at radius 3 is 2.43 bits per heavy atom. The van der Waals surface area contributed by atoms with E-state index in [0.717, 1.165) is 55.5 Å². The van der Waals surface area contributed by atoms with Crippen molar-refractivity contribution in [1.82, 2.24) is 20.1 Å². The van der Waals surface area contributed by atoms with Gasteiger partial charge in [-0.05, 0) is 69.5 Å². The van der Waals surface area contributed by atoms with Crippen LogP contribution in [0.15, 0.2) is 35.7 Å². The van der Waals surface area contributed by atoms with Gasteiger partial charge in [0, 0.05) is 48.2 Å². The fraction of sp³-hybridized carbons (Fsp3) is 0.683. The van der Waals surface area contributed by atoms with E-state index in [1.807, 2.05) is 49.2 Å². The van der Waals surface area contributed by atoms with E-state index in [2.05, 4.69) is 51.8 Å². The van der Waals surface area contributed by atoms with Gasteiger partial charge in [-0.3, -0.25) is 19.3 Å². The van der Waals surface area contributed by atoms with Crippen molar-refractivity contribution in [1.29, 1.82) is 0 Å². The second-order valence-corrected chi connectivity index (χ2v) is 16.1. The van der Waals surface area contributed by atoms with E-state index in [0.29, 0.717) is 31.6 Å². The summed E-state index contributed by atoms with van der Waals surface area (Å²) in [5.74, 6) is -0.544. The Kier molecular flexibility index (Phi) is 17.9. The summed E-state index contributed by atoms with van der Waals surface area (Å²) in [5, 5.41) is 5.77. The molecule has 1 aromatic carbocycles. The lowest BCUT2D eigenvalue weighted by molar-refractivity contribution is -0.150. The van der Waals surface area contributed by atoms with Gasteiger partial charge in [0.1, 0.15) is 18.7 Å². The van der Waals surface area contributed by atoms with Crippen molar-refractivity contribution in [2.24, 2.45) is 23.7 Å². The summed E-state index contributed by atoms with van der Waals surface area (Å²) in [5.41, 5.74) is 1.46. The standard InChI is InChI=1S/C41H64N4O5S/c1-9-20-50-27-45(41(49)34(30(6)10-2)24-38(47)36-18-14-15-19-44(36)8)37(28(3)4)22-31(7)40-43-35(26-51-40)39(48)42-33(21-29(5)25-46)23-32-16-12-11-13-17-32/h11-13,16-17,25-26,28-31,33-34,36-37H,9-10,14-15,18-24,27H2,1-8H3,(H,42,48)/t29-,30?,31+,33+,34-,36+,37+/m0/s1. The number of likely N-dealkylation sites (tertiary alicyclic amines) is 1. The largest absolute Gasteiger partial charge is 0.361 e. The fourth-order valence-electron chi connectivity index (χ4n) is 7.19. The van der Waals surface area contributed by atoms with Gasteiger partial charge in [0.2, 0.25) is 5.91 Å². The molecule has 2 aromatic rings. The Balaban J connectivity index is 1.80. The summed E-state index contributed by atoms with van der Waals surface area (Å²) in [6.07, 6.45) is 7.63. The molecule has 284 valence electrons. The molecular weight excluding hydrogens is 661 g/mol. The summed E-state index contributed by atoms with van der Waals surface area (Å²) >= 11 is 1.46. The molecule has 51 heavy (non-hydrogen) atoms. The number of nitrogens with one attached hydrogen (secondary N) is 1. The summed E-state index contributed by atoms with van der Waals surface area (Å²) in [7, 11) is 2.02. The first kappa shape index (κ1) is 42.5. The van der Waals surface area contributed by atoms with Crippen molar-refractivity contribution >= 4 is 35.2 Å². The number of ketones is 1. The molecule has 1 unspecified atom stereocenters. The fourth-order valence-corrected chi connectivity index (χ4v) is 8.06. The molecule has 9 nitrogen and oxygen atoms in total. The highest BCUT2D eigenvalue weighted by atomic mass is 32.1. The number of benzene rings is 1. The zero-order valence-electron chi connectivity index (χ0n) is 32.4. The number of Topliss-reactive ketones (excluding diaryl/α,β-unsaturated/α-hetero) is 1. The minimum Gasteiger partial charge on any atom is -0.361 e. The third-order valence-corrected chi connectivity index (χ3v) is 11.6. The van der Waals surface area contributed by atoms with Crippen LogP contribution in [0.3, 0.4) is 0 Å². The Labute approximate surface area is 311 Å². The Morgan fingerprint density at radius 2 is 1.80 bits per heavy atom. The van der Waals surface area contributed by atoms with Crippen LogP contribution in [0.1, 0.15) is 127 Å². The zero-order valence-corrected chi connectivity index (χ0v) is 33.3. The summed E-state index contributed by atoms with van der Waals surface area (Å²) in [4.78, 5) is 62.1. The number of aldehydes is 1. The number of ether oxygens (including phenoxy) is 1. The van der Waals surface area contributed by atoms with E-state index in [-0.39, 0.29) is 72.5 Å². The van der Waals surface area contributed by atoms with Crippen molar-refractivity contribution in [2.75, 3.05) is 26.9 Å². The topological polar surface area (TPSA) is 109 Å². The van der Waals surface area contributed by atoms with Crippen LogP contribution in [0.2, 0.25) is 0 Å². The zero-order chi connectivity index (χ0) is 37.5. The SMILES string of the molecule is CCCOCN(C(=O)[C@@H](CC(=O)[C@H]1CCCCN1C)C(C)CC)[C@H](C[C@@H](C)c1nc(C(=O)N[C@@H](Cc2ccccc2)C[C@H](C)C=O)cs1)C(C)C. The molecule has 1 aliphatic heterocycles. The molecule has 1 aromatic heterocycles. The second kappa shape index (κ2) is 21.5. The number of hydrogen-bond acceptors (Lipinski definition) is 8.